The minimum atomic E-state index is -0.293. The van der Waals surface area contributed by atoms with Crippen LogP contribution >= 0.6 is 0 Å². The molecule has 2 amide bonds. The van der Waals surface area contributed by atoms with E-state index in [1.54, 1.807) is 4.90 Å². The normalized spacial score (nSPS) is 22.9. The average molecular weight is 353 g/mol. The van der Waals surface area contributed by atoms with Crippen LogP contribution in [-0.2, 0) is 16.0 Å². The van der Waals surface area contributed by atoms with Gasteiger partial charge in [0.25, 0.3) is 0 Å². The Morgan fingerprint density at radius 3 is 2.69 bits per heavy atom. The lowest BCUT2D eigenvalue weighted by Gasteiger charge is -2.37. The Balaban J connectivity index is 1.60. The van der Waals surface area contributed by atoms with E-state index in [2.05, 4.69) is 30.1 Å². The number of carbonyl (C=O) groups is 2. The van der Waals surface area contributed by atoms with Crippen molar-refractivity contribution in [2.45, 2.75) is 52.1 Å². The van der Waals surface area contributed by atoms with Crippen molar-refractivity contribution in [3.8, 4) is 0 Å². The van der Waals surface area contributed by atoms with E-state index >= 15 is 0 Å². The first-order valence-corrected chi connectivity index (χ1v) is 9.69. The summed E-state index contributed by atoms with van der Waals surface area (Å²) in [5, 5.41) is 1.26. The number of hydrogen-bond acceptors (Lipinski definition) is 2. The molecule has 0 aliphatic carbocycles. The van der Waals surface area contributed by atoms with Gasteiger partial charge < -0.3 is 14.8 Å². The summed E-state index contributed by atoms with van der Waals surface area (Å²) in [7, 11) is 0. The SMILES string of the molecule is CC(C)C(=O)N1CCC[C@H]1C(=O)N1CCc2c([nH]c3ccccc23)[C@@H]1C. The molecule has 2 atom stereocenters. The summed E-state index contributed by atoms with van der Waals surface area (Å²) in [5.41, 5.74) is 3.61. The lowest BCUT2D eigenvalue weighted by Crippen LogP contribution is -2.51. The van der Waals surface area contributed by atoms with Crippen molar-refractivity contribution in [3.63, 3.8) is 0 Å². The van der Waals surface area contributed by atoms with Gasteiger partial charge in [-0.25, -0.2) is 0 Å². The molecular formula is C21H27N3O2. The van der Waals surface area contributed by atoms with Crippen LogP contribution in [0.4, 0.5) is 0 Å². The second kappa shape index (κ2) is 6.45. The highest BCUT2D eigenvalue weighted by atomic mass is 16.2. The van der Waals surface area contributed by atoms with E-state index in [1.807, 2.05) is 24.8 Å². The number of aromatic amines is 1. The van der Waals surface area contributed by atoms with Gasteiger partial charge >= 0.3 is 0 Å². The van der Waals surface area contributed by atoms with E-state index in [0.717, 1.165) is 37.0 Å². The molecule has 26 heavy (non-hydrogen) atoms. The van der Waals surface area contributed by atoms with E-state index < -0.39 is 0 Å². The molecule has 0 radical (unpaired) electrons. The van der Waals surface area contributed by atoms with Crippen LogP contribution < -0.4 is 0 Å². The zero-order valence-corrected chi connectivity index (χ0v) is 15.8. The van der Waals surface area contributed by atoms with Crippen LogP contribution in [0.25, 0.3) is 10.9 Å². The molecule has 5 heteroatoms. The van der Waals surface area contributed by atoms with Crippen molar-refractivity contribution < 1.29 is 9.59 Å². The predicted molar refractivity (Wildman–Crippen MR) is 102 cm³/mol. The van der Waals surface area contributed by atoms with E-state index in [-0.39, 0.29) is 29.8 Å². The maximum Gasteiger partial charge on any atom is 0.245 e. The van der Waals surface area contributed by atoms with Crippen molar-refractivity contribution >= 4 is 22.7 Å². The summed E-state index contributed by atoms with van der Waals surface area (Å²) in [6.07, 6.45) is 2.55. The molecule has 1 aromatic carbocycles. The molecule has 2 aromatic rings. The Morgan fingerprint density at radius 1 is 1.15 bits per heavy atom. The van der Waals surface area contributed by atoms with Gasteiger partial charge in [-0.2, -0.15) is 0 Å². The van der Waals surface area contributed by atoms with Gasteiger partial charge in [-0.05, 0) is 37.8 Å². The van der Waals surface area contributed by atoms with Crippen LogP contribution in [0.1, 0.15) is 50.9 Å². The number of amides is 2. The Kier molecular flexibility index (Phi) is 4.25. The topological polar surface area (TPSA) is 56.4 Å². The molecule has 0 unspecified atom stereocenters. The third-order valence-electron chi connectivity index (χ3n) is 5.93. The maximum absolute atomic E-state index is 13.3. The van der Waals surface area contributed by atoms with Crippen LogP contribution in [0, 0.1) is 5.92 Å². The number of H-pyrrole nitrogens is 1. The van der Waals surface area contributed by atoms with E-state index in [9.17, 15) is 9.59 Å². The molecule has 1 saturated heterocycles. The summed E-state index contributed by atoms with van der Waals surface area (Å²) in [6, 6.07) is 8.05. The maximum atomic E-state index is 13.3. The van der Waals surface area contributed by atoms with Crippen LogP contribution in [0.3, 0.4) is 0 Å². The van der Waals surface area contributed by atoms with Crippen molar-refractivity contribution in [3.05, 3.63) is 35.5 Å². The monoisotopic (exact) mass is 353 g/mol. The van der Waals surface area contributed by atoms with Crippen molar-refractivity contribution in [2.24, 2.45) is 5.92 Å². The molecule has 5 nitrogen and oxygen atoms in total. The summed E-state index contributed by atoms with van der Waals surface area (Å²) in [6.45, 7) is 7.32. The molecule has 4 rings (SSSR count). The van der Waals surface area contributed by atoms with Crippen molar-refractivity contribution in [1.29, 1.82) is 0 Å². The van der Waals surface area contributed by atoms with Gasteiger partial charge in [-0.1, -0.05) is 32.0 Å². The first-order valence-electron chi connectivity index (χ1n) is 9.69. The standard InChI is InChI=1S/C21H27N3O2/c1-13(2)20(25)24-11-6-9-18(24)21(26)23-12-10-16-15-7-4-5-8-17(15)22-19(16)14(23)3/h4-5,7-8,13-14,18,22H,6,9-12H2,1-3H3/t14-,18-/m0/s1. The zero-order valence-electron chi connectivity index (χ0n) is 15.8. The molecule has 2 aliphatic rings. The van der Waals surface area contributed by atoms with E-state index in [4.69, 9.17) is 0 Å². The molecule has 0 bridgehead atoms. The second-order valence-electron chi connectivity index (χ2n) is 7.86. The fraction of sp³-hybridized carbons (Fsp3) is 0.524. The number of nitrogens with zero attached hydrogens (tertiary/aromatic N) is 2. The summed E-state index contributed by atoms with van der Waals surface area (Å²) in [4.78, 5) is 33.1. The Morgan fingerprint density at radius 2 is 1.92 bits per heavy atom. The third-order valence-corrected chi connectivity index (χ3v) is 5.93. The highest BCUT2D eigenvalue weighted by Crippen LogP contribution is 2.35. The highest BCUT2D eigenvalue weighted by Gasteiger charge is 2.40. The quantitative estimate of drug-likeness (QED) is 0.901. The van der Waals surface area contributed by atoms with Crippen LogP contribution in [0.15, 0.2) is 24.3 Å². The zero-order chi connectivity index (χ0) is 18.4. The smallest absolute Gasteiger partial charge is 0.245 e. The molecule has 0 saturated carbocycles. The second-order valence-corrected chi connectivity index (χ2v) is 7.86. The number of fused-ring (bicyclic) bond motifs is 3. The molecule has 1 aromatic heterocycles. The van der Waals surface area contributed by atoms with Gasteiger partial charge in [0.2, 0.25) is 11.8 Å². The predicted octanol–water partition coefficient (Wildman–Crippen LogP) is 3.26. The van der Waals surface area contributed by atoms with Gasteiger partial charge in [0.05, 0.1) is 6.04 Å². The lowest BCUT2D eigenvalue weighted by molar-refractivity contribution is -0.147. The highest BCUT2D eigenvalue weighted by molar-refractivity contribution is 5.90. The minimum absolute atomic E-state index is 0.00949. The number of para-hydroxylation sites is 1. The van der Waals surface area contributed by atoms with Crippen LogP contribution in [0.2, 0.25) is 0 Å². The molecule has 2 aliphatic heterocycles. The number of likely N-dealkylation sites (tertiary alicyclic amines) is 1. The molecule has 138 valence electrons. The Labute approximate surface area is 154 Å². The van der Waals surface area contributed by atoms with E-state index in [1.165, 1.54) is 10.9 Å². The van der Waals surface area contributed by atoms with Gasteiger partial charge in [0.15, 0.2) is 0 Å². The number of nitrogens with one attached hydrogen (secondary N) is 1. The van der Waals surface area contributed by atoms with Crippen LogP contribution in [-0.4, -0.2) is 45.7 Å². The first-order chi connectivity index (χ1) is 12.5. The molecule has 0 spiro atoms. The molecule has 3 heterocycles. The molecule has 1 fully saturated rings. The average Bonchev–Trinajstić information content (AvgIpc) is 3.26. The fourth-order valence-electron chi connectivity index (χ4n) is 4.54. The fourth-order valence-corrected chi connectivity index (χ4v) is 4.54. The van der Waals surface area contributed by atoms with Gasteiger partial charge in [0.1, 0.15) is 6.04 Å². The number of benzene rings is 1. The Hall–Kier alpha value is -2.30. The number of aromatic nitrogens is 1. The molecular weight excluding hydrogens is 326 g/mol. The van der Waals surface area contributed by atoms with Gasteiger partial charge in [0, 0.05) is 35.6 Å². The van der Waals surface area contributed by atoms with Gasteiger partial charge in [-0.3, -0.25) is 9.59 Å². The Bertz CT molecular complexity index is 854. The summed E-state index contributed by atoms with van der Waals surface area (Å²) < 4.78 is 0. The number of carbonyl (C=O) groups excluding carboxylic acids is 2. The summed E-state index contributed by atoms with van der Waals surface area (Å²) >= 11 is 0. The lowest BCUT2D eigenvalue weighted by atomic mass is 9.97. The molecule has 1 N–H and O–H groups in total. The van der Waals surface area contributed by atoms with Crippen LogP contribution in [0.5, 0.6) is 0 Å². The van der Waals surface area contributed by atoms with Crippen molar-refractivity contribution in [1.82, 2.24) is 14.8 Å². The first kappa shape index (κ1) is 17.1. The largest absolute Gasteiger partial charge is 0.356 e. The third kappa shape index (κ3) is 2.61. The van der Waals surface area contributed by atoms with Crippen molar-refractivity contribution in [2.75, 3.05) is 13.1 Å². The van der Waals surface area contributed by atoms with E-state index in [0.29, 0.717) is 6.54 Å². The number of hydrogen-bond donors (Lipinski definition) is 1. The van der Waals surface area contributed by atoms with Gasteiger partial charge in [-0.15, -0.1) is 0 Å². The summed E-state index contributed by atoms with van der Waals surface area (Å²) in [5.74, 6) is 0.132. The minimum Gasteiger partial charge on any atom is -0.356 e. The number of rotatable bonds is 2.